The first kappa shape index (κ1) is 14.5. The van der Waals surface area contributed by atoms with E-state index < -0.39 is 6.04 Å². The van der Waals surface area contributed by atoms with E-state index in [0.29, 0.717) is 12.2 Å². The highest BCUT2D eigenvalue weighted by Crippen LogP contribution is 2.16. The summed E-state index contributed by atoms with van der Waals surface area (Å²) in [6.07, 6.45) is 4.31. The summed E-state index contributed by atoms with van der Waals surface area (Å²) in [7, 11) is 0. The van der Waals surface area contributed by atoms with Crippen LogP contribution < -0.4 is 11.1 Å². The minimum absolute atomic E-state index is 0.183. The predicted molar refractivity (Wildman–Crippen MR) is 76.3 cm³/mol. The van der Waals surface area contributed by atoms with Crippen molar-refractivity contribution >= 4 is 39.4 Å². The Labute approximate surface area is 114 Å². The van der Waals surface area contributed by atoms with E-state index in [1.807, 2.05) is 19.2 Å². The van der Waals surface area contributed by atoms with Gasteiger partial charge >= 0.3 is 0 Å². The quantitative estimate of drug-likeness (QED) is 0.873. The van der Waals surface area contributed by atoms with Gasteiger partial charge in [-0.15, -0.1) is 0 Å². The first-order chi connectivity index (χ1) is 8.04. The number of pyridine rings is 1. The maximum atomic E-state index is 11.8. The third-order valence-corrected chi connectivity index (χ3v) is 3.33. The molecule has 0 aliphatic heterocycles. The third kappa shape index (κ3) is 4.65. The topological polar surface area (TPSA) is 68.0 Å². The second kappa shape index (κ2) is 6.98. The lowest BCUT2D eigenvalue weighted by atomic mass is 10.2. The first-order valence-electron chi connectivity index (χ1n) is 5.22. The summed E-state index contributed by atoms with van der Waals surface area (Å²) in [6, 6.07) is 1.42. The van der Waals surface area contributed by atoms with Gasteiger partial charge in [0.25, 0.3) is 0 Å². The van der Waals surface area contributed by atoms with Crippen molar-refractivity contribution in [2.75, 3.05) is 17.3 Å². The molecule has 17 heavy (non-hydrogen) atoms. The number of hydrogen-bond donors (Lipinski definition) is 2. The van der Waals surface area contributed by atoms with Gasteiger partial charge in [-0.1, -0.05) is 0 Å². The Hall–Kier alpha value is -0.590. The van der Waals surface area contributed by atoms with Crippen LogP contribution in [0.25, 0.3) is 0 Å². The van der Waals surface area contributed by atoms with Crippen molar-refractivity contribution in [2.45, 2.75) is 19.4 Å². The van der Waals surface area contributed by atoms with Crippen molar-refractivity contribution in [2.24, 2.45) is 5.73 Å². The molecule has 1 heterocycles. The molecule has 1 rings (SSSR count). The van der Waals surface area contributed by atoms with Crippen molar-refractivity contribution < 1.29 is 4.79 Å². The fraction of sp³-hybridized carbons (Fsp3) is 0.455. The zero-order valence-corrected chi connectivity index (χ0v) is 12.3. The Balaban J connectivity index is 2.61. The molecule has 0 aliphatic carbocycles. The summed E-state index contributed by atoms with van der Waals surface area (Å²) in [6.45, 7) is 1.89. The molecule has 94 valence electrons. The lowest BCUT2D eigenvalue weighted by molar-refractivity contribution is -0.117. The van der Waals surface area contributed by atoms with Crippen molar-refractivity contribution in [3.8, 4) is 0 Å². The summed E-state index contributed by atoms with van der Waals surface area (Å²) in [4.78, 5) is 15.9. The maximum Gasteiger partial charge on any atom is 0.242 e. The monoisotopic (exact) mass is 317 g/mol. The van der Waals surface area contributed by atoms with E-state index in [1.165, 1.54) is 0 Å². The van der Waals surface area contributed by atoms with Gasteiger partial charge in [0.15, 0.2) is 0 Å². The van der Waals surface area contributed by atoms with Crippen LogP contribution in [0.5, 0.6) is 0 Å². The zero-order valence-electron chi connectivity index (χ0n) is 9.87. The highest BCUT2D eigenvalue weighted by atomic mass is 79.9. The number of nitrogens with zero attached hydrogens (tertiary/aromatic N) is 1. The normalized spacial score (nSPS) is 12.2. The van der Waals surface area contributed by atoms with Crippen LogP contribution in [0, 0.1) is 6.92 Å². The zero-order chi connectivity index (χ0) is 12.8. The molecular formula is C11H16BrN3OS. The smallest absolute Gasteiger partial charge is 0.242 e. The number of hydrogen-bond acceptors (Lipinski definition) is 4. The average Bonchev–Trinajstić information content (AvgIpc) is 2.29. The standard InChI is InChI=1S/C11H16BrN3OS/c1-7-5-8(12)6-14-10(7)15-11(16)9(13)3-4-17-2/h5-6,9H,3-4,13H2,1-2H3,(H,14,15,16)/t9-/m0/s1. The van der Waals surface area contributed by atoms with E-state index in [9.17, 15) is 4.79 Å². The van der Waals surface area contributed by atoms with Gasteiger partial charge in [-0.05, 0) is 52.9 Å². The van der Waals surface area contributed by atoms with E-state index in [1.54, 1.807) is 18.0 Å². The molecule has 1 atom stereocenters. The fourth-order valence-electron chi connectivity index (χ4n) is 1.26. The van der Waals surface area contributed by atoms with Gasteiger partial charge in [0.2, 0.25) is 5.91 Å². The summed E-state index contributed by atoms with van der Waals surface area (Å²) < 4.78 is 0.889. The summed E-state index contributed by atoms with van der Waals surface area (Å²) in [5.74, 6) is 1.26. The molecule has 1 amide bonds. The Morgan fingerprint density at radius 1 is 1.71 bits per heavy atom. The molecule has 0 aliphatic rings. The SMILES string of the molecule is CSCC[C@H](N)C(=O)Nc1ncc(Br)cc1C. The van der Waals surface area contributed by atoms with E-state index in [2.05, 4.69) is 26.2 Å². The number of aryl methyl sites for hydroxylation is 1. The van der Waals surface area contributed by atoms with Crippen molar-refractivity contribution in [1.29, 1.82) is 0 Å². The lowest BCUT2D eigenvalue weighted by Crippen LogP contribution is -2.36. The molecule has 0 fully saturated rings. The van der Waals surface area contributed by atoms with Gasteiger partial charge < -0.3 is 11.1 Å². The summed E-state index contributed by atoms with van der Waals surface area (Å²) >= 11 is 5.00. The number of nitrogens with two attached hydrogens (primary N) is 1. The molecule has 1 aromatic heterocycles. The van der Waals surface area contributed by atoms with Crippen molar-refractivity contribution in [1.82, 2.24) is 4.98 Å². The number of thioether (sulfide) groups is 1. The predicted octanol–water partition coefficient (Wildman–Crippen LogP) is 2.17. The van der Waals surface area contributed by atoms with Gasteiger partial charge in [0.05, 0.1) is 6.04 Å². The number of halogens is 1. The van der Waals surface area contributed by atoms with Crippen LogP contribution in [0.2, 0.25) is 0 Å². The first-order valence-corrected chi connectivity index (χ1v) is 7.40. The molecule has 0 saturated heterocycles. The van der Waals surface area contributed by atoms with E-state index in [-0.39, 0.29) is 5.91 Å². The molecule has 0 bridgehead atoms. The minimum atomic E-state index is -0.479. The molecule has 0 saturated carbocycles. The van der Waals surface area contributed by atoms with E-state index >= 15 is 0 Å². The number of carbonyl (C=O) groups excluding carboxylic acids is 1. The van der Waals surface area contributed by atoms with Gasteiger partial charge in [-0.2, -0.15) is 11.8 Å². The fourth-order valence-corrected chi connectivity index (χ4v) is 2.19. The Kier molecular flexibility index (Phi) is 5.94. The molecule has 3 N–H and O–H groups in total. The van der Waals surface area contributed by atoms with Crippen LogP contribution in [-0.2, 0) is 4.79 Å². The molecular weight excluding hydrogens is 302 g/mol. The molecule has 0 radical (unpaired) electrons. The van der Waals surface area contributed by atoms with Gasteiger partial charge in [0.1, 0.15) is 5.82 Å². The van der Waals surface area contributed by atoms with Gasteiger partial charge in [-0.25, -0.2) is 4.98 Å². The van der Waals surface area contributed by atoms with Crippen LogP contribution in [0.15, 0.2) is 16.7 Å². The molecule has 0 spiro atoms. The van der Waals surface area contributed by atoms with Crippen LogP contribution >= 0.6 is 27.7 Å². The Bertz CT molecular complexity index is 400. The van der Waals surface area contributed by atoms with E-state index in [4.69, 9.17) is 5.73 Å². The number of nitrogens with one attached hydrogen (secondary N) is 1. The molecule has 1 aromatic rings. The second-order valence-electron chi connectivity index (χ2n) is 3.70. The van der Waals surface area contributed by atoms with Gasteiger partial charge in [0, 0.05) is 10.7 Å². The van der Waals surface area contributed by atoms with Crippen molar-refractivity contribution in [3.63, 3.8) is 0 Å². The highest BCUT2D eigenvalue weighted by molar-refractivity contribution is 9.10. The van der Waals surface area contributed by atoms with Crippen LogP contribution in [0.4, 0.5) is 5.82 Å². The number of rotatable bonds is 5. The molecule has 6 heteroatoms. The van der Waals surface area contributed by atoms with E-state index in [0.717, 1.165) is 15.8 Å². The van der Waals surface area contributed by atoms with Crippen molar-refractivity contribution in [3.05, 3.63) is 22.3 Å². The minimum Gasteiger partial charge on any atom is -0.320 e. The lowest BCUT2D eigenvalue weighted by Gasteiger charge is -2.12. The maximum absolute atomic E-state index is 11.8. The average molecular weight is 318 g/mol. The number of aromatic nitrogens is 1. The van der Waals surface area contributed by atoms with Crippen LogP contribution in [-0.4, -0.2) is 28.9 Å². The molecule has 0 unspecified atom stereocenters. The largest absolute Gasteiger partial charge is 0.320 e. The molecule has 4 nitrogen and oxygen atoms in total. The van der Waals surface area contributed by atoms with Crippen LogP contribution in [0.3, 0.4) is 0 Å². The highest BCUT2D eigenvalue weighted by Gasteiger charge is 2.14. The van der Waals surface area contributed by atoms with Crippen LogP contribution in [0.1, 0.15) is 12.0 Å². The van der Waals surface area contributed by atoms with Gasteiger partial charge in [-0.3, -0.25) is 4.79 Å². The second-order valence-corrected chi connectivity index (χ2v) is 5.60. The number of amides is 1. The third-order valence-electron chi connectivity index (χ3n) is 2.26. The Morgan fingerprint density at radius 2 is 2.41 bits per heavy atom. The summed E-state index contributed by atoms with van der Waals surface area (Å²) in [5, 5.41) is 2.74. The number of anilines is 1. The number of carbonyl (C=O) groups is 1. The Morgan fingerprint density at radius 3 is 3.00 bits per heavy atom. The molecule has 0 aromatic carbocycles. The summed E-state index contributed by atoms with van der Waals surface area (Å²) in [5.41, 5.74) is 6.68.